The highest BCUT2D eigenvalue weighted by Crippen LogP contribution is 1.97. The third-order valence-electron chi connectivity index (χ3n) is 1.96. The SMILES string of the molecule is CCCCCOC(C)CNC(C)C. The van der Waals surface area contributed by atoms with E-state index in [2.05, 4.69) is 33.0 Å². The molecule has 1 N–H and O–H groups in total. The number of hydrogen-bond donors (Lipinski definition) is 1. The molecule has 0 bridgehead atoms. The molecule has 1 atom stereocenters. The van der Waals surface area contributed by atoms with Crippen molar-refractivity contribution in [3.8, 4) is 0 Å². The molecule has 80 valence electrons. The zero-order valence-corrected chi connectivity index (χ0v) is 9.60. The molecule has 0 aliphatic carbocycles. The monoisotopic (exact) mass is 187 g/mol. The lowest BCUT2D eigenvalue weighted by Gasteiger charge is -2.15. The molecule has 0 saturated heterocycles. The Kier molecular flexibility index (Phi) is 8.46. The van der Waals surface area contributed by atoms with E-state index in [-0.39, 0.29) is 0 Å². The van der Waals surface area contributed by atoms with Gasteiger partial charge >= 0.3 is 0 Å². The van der Waals surface area contributed by atoms with Crippen molar-refractivity contribution < 1.29 is 4.74 Å². The van der Waals surface area contributed by atoms with Crippen LogP contribution in [-0.4, -0.2) is 25.3 Å². The normalized spacial score (nSPS) is 13.6. The van der Waals surface area contributed by atoms with E-state index < -0.39 is 0 Å². The number of nitrogens with one attached hydrogen (secondary N) is 1. The van der Waals surface area contributed by atoms with Gasteiger partial charge in [-0.25, -0.2) is 0 Å². The van der Waals surface area contributed by atoms with E-state index in [0.717, 1.165) is 13.2 Å². The van der Waals surface area contributed by atoms with Gasteiger partial charge in [0.05, 0.1) is 6.10 Å². The van der Waals surface area contributed by atoms with E-state index in [9.17, 15) is 0 Å². The van der Waals surface area contributed by atoms with Crippen molar-refractivity contribution in [3.05, 3.63) is 0 Å². The van der Waals surface area contributed by atoms with Crippen LogP contribution in [0.1, 0.15) is 47.0 Å². The molecule has 0 spiro atoms. The number of unbranched alkanes of at least 4 members (excludes halogenated alkanes) is 2. The van der Waals surface area contributed by atoms with Crippen LogP contribution in [-0.2, 0) is 4.74 Å². The van der Waals surface area contributed by atoms with Crippen molar-refractivity contribution in [3.63, 3.8) is 0 Å². The van der Waals surface area contributed by atoms with Crippen LogP contribution in [0.15, 0.2) is 0 Å². The summed E-state index contributed by atoms with van der Waals surface area (Å²) in [4.78, 5) is 0. The van der Waals surface area contributed by atoms with Crippen LogP contribution in [0.4, 0.5) is 0 Å². The first-order valence-corrected chi connectivity index (χ1v) is 5.51. The minimum Gasteiger partial charge on any atom is -0.377 e. The van der Waals surface area contributed by atoms with Gasteiger partial charge in [-0.2, -0.15) is 0 Å². The van der Waals surface area contributed by atoms with Crippen molar-refractivity contribution in [2.75, 3.05) is 13.2 Å². The highest BCUT2D eigenvalue weighted by molar-refractivity contribution is 4.58. The van der Waals surface area contributed by atoms with Gasteiger partial charge in [0.2, 0.25) is 0 Å². The molecule has 0 aliphatic rings. The van der Waals surface area contributed by atoms with E-state index >= 15 is 0 Å². The summed E-state index contributed by atoms with van der Waals surface area (Å²) in [6.07, 6.45) is 4.09. The molecule has 0 aromatic rings. The van der Waals surface area contributed by atoms with Crippen LogP contribution in [0.5, 0.6) is 0 Å². The first-order chi connectivity index (χ1) is 6.16. The molecule has 2 heteroatoms. The average Bonchev–Trinajstić information content (AvgIpc) is 2.09. The molecular weight excluding hydrogens is 162 g/mol. The van der Waals surface area contributed by atoms with Crippen molar-refractivity contribution in [2.45, 2.75) is 59.1 Å². The summed E-state index contributed by atoms with van der Waals surface area (Å²) in [6.45, 7) is 10.5. The van der Waals surface area contributed by atoms with Crippen LogP contribution in [0.25, 0.3) is 0 Å². The number of rotatable bonds is 8. The summed E-state index contributed by atoms with van der Waals surface area (Å²) >= 11 is 0. The fraction of sp³-hybridized carbons (Fsp3) is 1.00. The summed E-state index contributed by atoms with van der Waals surface area (Å²) in [5, 5.41) is 3.36. The zero-order chi connectivity index (χ0) is 10.1. The summed E-state index contributed by atoms with van der Waals surface area (Å²) in [5.41, 5.74) is 0. The molecular formula is C11H25NO. The van der Waals surface area contributed by atoms with Crippen molar-refractivity contribution >= 4 is 0 Å². The molecule has 0 aliphatic heterocycles. The van der Waals surface area contributed by atoms with E-state index in [1.165, 1.54) is 19.3 Å². The van der Waals surface area contributed by atoms with E-state index in [1.807, 2.05) is 0 Å². The fourth-order valence-electron chi connectivity index (χ4n) is 1.10. The molecule has 0 aromatic heterocycles. The van der Waals surface area contributed by atoms with Crippen LogP contribution >= 0.6 is 0 Å². The van der Waals surface area contributed by atoms with Crippen LogP contribution in [0.2, 0.25) is 0 Å². The van der Waals surface area contributed by atoms with Gasteiger partial charge in [-0.1, -0.05) is 33.6 Å². The first kappa shape index (κ1) is 12.9. The maximum Gasteiger partial charge on any atom is 0.0671 e. The van der Waals surface area contributed by atoms with Crippen molar-refractivity contribution in [1.29, 1.82) is 0 Å². The molecule has 0 saturated carbocycles. The van der Waals surface area contributed by atoms with Gasteiger partial charge < -0.3 is 10.1 Å². The fourth-order valence-corrected chi connectivity index (χ4v) is 1.10. The minimum atomic E-state index is 0.347. The predicted octanol–water partition coefficient (Wildman–Crippen LogP) is 2.58. The van der Waals surface area contributed by atoms with Gasteiger partial charge in [0.25, 0.3) is 0 Å². The lowest BCUT2D eigenvalue weighted by molar-refractivity contribution is 0.0620. The number of ether oxygens (including phenoxy) is 1. The van der Waals surface area contributed by atoms with Gasteiger partial charge in [0, 0.05) is 19.2 Å². The maximum absolute atomic E-state index is 5.63. The second-order valence-electron chi connectivity index (χ2n) is 3.95. The Morgan fingerprint density at radius 3 is 2.38 bits per heavy atom. The van der Waals surface area contributed by atoms with Gasteiger partial charge in [-0.15, -0.1) is 0 Å². The largest absolute Gasteiger partial charge is 0.377 e. The van der Waals surface area contributed by atoms with Gasteiger partial charge in [0.15, 0.2) is 0 Å². The molecule has 0 fully saturated rings. The maximum atomic E-state index is 5.63. The summed E-state index contributed by atoms with van der Waals surface area (Å²) in [5.74, 6) is 0. The smallest absolute Gasteiger partial charge is 0.0671 e. The quantitative estimate of drug-likeness (QED) is 0.590. The molecule has 0 radical (unpaired) electrons. The average molecular weight is 187 g/mol. The molecule has 1 unspecified atom stereocenters. The minimum absolute atomic E-state index is 0.347. The zero-order valence-electron chi connectivity index (χ0n) is 9.60. The van der Waals surface area contributed by atoms with Crippen LogP contribution in [0.3, 0.4) is 0 Å². The van der Waals surface area contributed by atoms with E-state index in [0.29, 0.717) is 12.1 Å². The molecule has 0 heterocycles. The molecule has 0 aromatic carbocycles. The summed E-state index contributed by atoms with van der Waals surface area (Å²) < 4.78 is 5.63. The number of hydrogen-bond acceptors (Lipinski definition) is 2. The van der Waals surface area contributed by atoms with Gasteiger partial charge in [-0.05, 0) is 13.3 Å². The predicted molar refractivity (Wildman–Crippen MR) is 58.1 cm³/mol. The third-order valence-corrected chi connectivity index (χ3v) is 1.96. The Balaban J connectivity index is 3.15. The summed E-state index contributed by atoms with van der Waals surface area (Å²) in [7, 11) is 0. The Morgan fingerprint density at radius 2 is 1.85 bits per heavy atom. The lowest BCUT2D eigenvalue weighted by atomic mass is 10.2. The standard InChI is InChI=1S/C11H25NO/c1-5-6-7-8-13-11(4)9-12-10(2)3/h10-12H,5-9H2,1-4H3. The molecule has 0 rings (SSSR count). The molecule has 2 nitrogen and oxygen atoms in total. The highest BCUT2D eigenvalue weighted by Gasteiger charge is 2.01. The first-order valence-electron chi connectivity index (χ1n) is 5.51. The topological polar surface area (TPSA) is 21.3 Å². The second kappa shape index (κ2) is 8.52. The highest BCUT2D eigenvalue weighted by atomic mass is 16.5. The Morgan fingerprint density at radius 1 is 1.15 bits per heavy atom. The summed E-state index contributed by atoms with van der Waals surface area (Å²) in [6, 6.07) is 0.557. The van der Waals surface area contributed by atoms with Gasteiger partial charge in [-0.3, -0.25) is 0 Å². The van der Waals surface area contributed by atoms with E-state index in [4.69, 9.17) is 4.74 Å². The van der Waals surface area contributed by atoms with Crippen LogP contribution < -0.4 is 5.32 Å². The Hall–Kier alpha value is -0.0800. The molecule has 13 heavy (non-hydrogen) atoms. The third kappa shape index (κ3) is 9.84. The van der Waals surface area contributed by atoms with Crippen LogP contribution in [0, 0.1) is 0 Å². The molecule has 0 amide bonds. The van der Waals surface area contributed by atoms with E-state index in [1.54, 1.807) is 0 Å². The van der Waals surface area contributed by atoms with Crippen molar-refractivity contribution in [1.82, 2.24) is 5.32 Å². The van der Waals surface area contributed by atoms with Crippen molar-refractivity contribution in [2.24, 2.45) is 0 Å². The second-order valence-corrected chi connectivity index (χ2v) is 3.95. The Labute approximate surface area is 83.1 Å². The lowest BCUT2D eigenvalue weighted by Crippen LogP contribution is -2.32. The van der Waals surface area contributed by atoms with Gasteiger partial charge in [0.1, 0.15) is 0 Å². The Bertz CT molecular complexity index is 104.